The number of ether oxygens (including phenoxy) is 1. The van der Waals surface area contributed by atoms with Gasteiger partial charge in [-0.25, -0.2) is 0 Å². The lowest BCUT2D eigenvalue weighted by molar-refractivity contribution is -0.124. The number of carbonyl (C=O) groups excluding carboxylic acids is 1. The molecule has 0 atom stereocenters. The first kappa shape index (κ1) is 15.2. The maximum atomic E-state index is 11.6. The second kappa shape index (κ2) is 6.38. The number of aliphatic hydroxyl groups is 1. The van der Waals surface area contributed by atoms with Crippen LogP contribution >= 0.6 is 0 Å². The Morgan fingerprint density at radius 1 is 1.53 bits per heavy atom. The summed E-state index contributed by atoms with van der Waals surface area (Å²) in [5.41, 5.74) is -0.746. The second-order valence-corrected chi connectivity index (χ2v) is 4.81. The summed E-state index contributed by atoms with van der Waals surface area (Å²) >= 11 is 0. The van der Waals surface area contributed by atoms with Crippen molar-refractivity contribution in [3.8, 4) is 5.75 Å². The number of rotatable bonds is 6. The van der Waals surface area contributed by atoms with E-state index >= 15 is 0 Å². The van der Waals surface area contributed by atoms with Gasteiger partial charge in [-0.15, -0.1) is 0 Å². The highest BCUT2D eigenvalue weighted by molar-refractivity contribution is 5.78. The Bertz CT molecular complexity index is 492. The lowest BCUT2D eigenvalue weighted by Crippen LogP contribution is -2.45. The lowest BCUT2D eigenvalue weighted by Gasteiger charge is -2.24. The molecule has 0 aliphatic rings. The van der Waals surface area contributed by atoms with Crippen molar-refractivity contribution < 1.29 is 19.1 Å². The van der Waals surface area contributed by atoms with Gasteiger partial charge in [0.05, 0.1) is 0 Å². The molecule has 2 N–H and O–H groups in total. The van der Waals surface area contributed by atoms with Gasteiger partial charge in [-0.3, -0.25) is 9.59 Å². The summed E-state index contributed by atoms with van der Waals surface area (Å²) in [6.45, 7) is 5.14. The zero-order valence-corrected chi connectivity index (χ0v) is 11.4. The Balaban J connectivity index is 2.58. The quantitative estimate of drug-likeness (QED) is 0.798. The van der Waals surface area contributed by atoms with E-state index < -0.39 is 5.43 Å². The van der Waals surface area contributed by atoms with Gasteiger partial charge in [-0.2, -0.15) is 0 Å². The molecule has 0 saturated heterocycles. The van der Waals surface area contributed by atoms with Gasteiger partial charge in [-0.1, -0.05) is 6.92 Å². The highest BCUT2D eigenvalue weighted by atomic mass is 16.5. The van der Waals surface area contributed by atoms with Crippen molar-refractivity contribution in [3.63, 3.8) is 0 Å². The van der Waals surface area contributed by atoms with Crippen LogP contribution in [0.5, 0.6) is 5.75 Å². The van der Waals surface area contributed by atoms with Gasteiger partial charge >= 0.3 is 0 Å². The topological polar surface area (TPSA) is 88.8 Å². The average molecular weight is 269 g/mol. The standard InChI is InChI=1S/C13H19NO5/c1-4-13(2,3)14-12(17)8-19-11-7-18-9(6-15)5-10(11)16/h5,7,15H,4,6,8H2,1-3H3,(H,14,17). The van der Waals surface area contributed by atoms with Crippen LogP contribution in [0.3, 0.4) is 0 Å². The summed E-state index contributed by atoms with van der Waals surface area (Å²) in [6.07, 6.45) is 1.87. The third-order valence-corrected chi connectivity index (χ3v) is 2.73. The Kier molecular flexibility index (Phi) is 5.11. The molecule has 0 aliphatic carbocycles. The van der Waals surface area contributed by atoms with Crippen LogP contribution in [-0.4, -0.2) is 23.2 Å². The molecular formula is C13H19NO5. The van der Waals surface area contributed by atoms with Gasteiger partial charge in [0.1, 0.15) is 18.6 Å². The number of nitrogens with one attached hydrogen (secondary N) is 1. The second-order valence-electron chi connectivity index (χ2n) is 4.81. The summed E-state index contributed by atoms with van der Waals surface area (Å²) in [5, 5.41) is 11.6. The molecule has 106 valence electrons. The number of carbonyl (C=O) groups is 1. The summed E-state index contributed by atoms with van der Waals surface area (Å²) in [5.74, 6) is -0.215. The number of amides is 1. The molecule has 0 unspecified atom stereocenters. The Labute approximate surface area is 111 Å². The molecule has 0 radical (unpaired) electrons. The fraction of sp³-hybridized carbons (Fsp3) is 0.538. The van der Waals surface area contributed by atoms with E-state index in [2.05, 4.69) is 5.32 Å². The van der Waals surface area contributed by atoms with Crippen LogP contribution in [0.4, 0.5) is 0 Å². The molecule has 0 aromatic carbocycles. The molecule has 1 aromatic rings. The van der Waals surface area contributed by atoms with Crippen molar-refractivity contribution >= 4 is 5.91 Å². The van der Waals surface area contributed by atoms with E-state index in [0.29, 0.717) is 0 Å². The van der Waals surface area contributed by atoms with Gasteiger partial charge in [0.15, 0.2) is 6.61 Å². The molecule has 0 aliphatic heterocycles. The SMILES string of the molecule is CCC(C)(C)NC(=O)COc1coc(CO)cc1=O. The fourth-order valence-electron chi connectivity index (χ4n) is 1.27. The highest BCUT2D eigenvalue weighted by Crippen LogP contribution is 2.08. The largest absolute Gasteiger partial charge is 0.477 e. The molecule has 0 spiro atoms. The van der Waals surface area contributed by atoms with Crippen molar-refractivity contribution in [1.82, 2.24) is 5.32 Å². The minimum atomic E-state index is -0.433. The third-order valence-electron chi connectivity index (χ3n) is 2.73. The van der Waals surface area contributed by atoms with Crippen LogP contribution in [0.1, 0.15) is 33.0 Å². The zero-order valence-electron chi connectivity index (χ0n) is 11.4. The Morgan fingerprint density at radius 2 is 2.21 bits per heavy atom. The van der Waals surface area contributed by atoms with Crippen molar-refractivity contribution in [2.45, 2.75) is 39.3 Å². The molecule has 0 bridgehead atoms. The van der Waals surface area contributed by atoms with Crippen molar-refractivity contribution in [2.75, 3.05) is 6.61 Å². The van der Waals surface area contributed by atoms with Gasteiger partial charge in [-0.05, 0) is 20.3 Å². The Morgan fingerprint density at radius 3 is 2.74 bits per heavy atom. The predicted molar refractivity (Wildman–Crippen MR) is 68.9 cm³/mol. The third kappa shape index (κ3) is 4.75. The first-order chi connectivity index (χ1) is 8.88. The van der Waals surface area contributed by atoms with E-state index in [1.807, 2.05) is 20.8 Å². The van der Waals surface area contributed by atoms with Gasteiger partial charge < -0.3 is 19.6 Å². The van der Waals surface area contributed by atoms with Crippen LogP contribution in [-0.2, 0) is 11.4 Å². The van der Waals surface area contributed by atoms with Crippen LogP contribution in [0.25, 0.3) is 0 Å². The van der Waals surface area contributed by atoms with E-state index in [4.69, 9.17) is 14.3 Å². The van der Waals surface area contributed by atoms with Gasteiger partial charge in [0.2, 0.25) is 11.2 Å². The smallest absolute Gasteiger partial charge is 0.258 e. The zero-order chi connectivity index (χ0) is 14.5. The molecule has 0 saturated carbocycles. The Hall–Kier alpha value is -1.82. The lowest BCUT2D eigenvalue weighted by atomic mass is 10.0. The number of hydrogen-bond donors (Lipinski definition) is 2. The van der Waals surface area contributed by atoms with Crippen LogP contribution in [0.15, 0.2) is 21.5 Å². The normalized spacial score (nSPS) is 11.2. The maximum Gasteiger partial charge on any atom is 0.258 e. The first-order valence-corrected chi connectivity index (χ1v) is 6.04. The molecule has 1 aromatic heterocycles. The monoisotopic (exact) mass is 269 g/mol. The van der Waals surface area contributed by atoms with Crippen LogP contribution in [0.2, 0.25) is 0 Å². The van der Waals surface area contributed by atoms with E-state index in [1.165, 1.54) is 0 Å². The molecule has 6 heteroatoms. The number of hydrogen-bond acceptors (Lipinski definition) is 5. The van der Waals surface area contributed by atoms with E-state index in [-0.39, 0.29) is 36.2 Å². The van der Waals surface area contributed by atoms with Gasteiger partial charge in [0, 0.05) is 11.6 Å². The fourth-order valence-corrected chi connectivity index (χ4v) is 1.27. The van der Waals surface area contributed by atoms with Crippen LogP contribution in [0, 0.1) is 0 Å². The minimum absolute atomic E-state index is 0.0540. The van der Waals surface area contributed by atoms with Crippen LogP contribution < -0.4 is 15.5 Å². The molecule has 1 rings (SSSR count). The molecule has 1 heterocycles. The molecule has 19 heavy (non-hydrogen) atoms. The molecule has 6 nitrogen and oxygen atoms in total. The number of aliphatic hydroxyl groups excluding tert-OH is 1. The van der Waals surface area contributed by atoms with E-state index in [0.717, 1.165) is 18.8 Å². The first-order valence-electron chi connectivity index (χ1n) is 6.04. The van der Waals surface area contributed by atoms with Crippen molar-refractivity contribution in [1.29, 1.82) is 0 Å². The summed E-state index contributed by atoms with van der Waals surface area (Å²) in [4.78, 5) is 23.1. The van der Waals surface area contributed by atoms with E-state index in [9.17, 15) is 9.59 Å². The molecule has 0 fully saturated rings. The molecular weight excluding hydrogens is 250 g/mol. The highest BCUT2D eigenvalue weighted by Gasteiger charge is 2.18. The molecule has 1 amide bonds. The van der Waals surface area contributed by atoms with E-state index in [1.54, 1.807) is 0 Å². The summed E-state index contributed by atoms with van der Waals surface area (Å²) in [6, 6.07) is 1.13. The van der Waals surface area contributed by atoms with Crippen molar-refractivity contribution in [2.24, 2.45) is 0 Å². The predicted octanol–water partition coefficient (Wildman–Crippen LogP) is 0.816. The minimum Gasteiger partial charge on any atom is -0.477 e. The average Bonchev–Trinajstić information content (AvgIpc) is 2.36. The summed E-state index contributed by atoms with van der Waals surface area (Å²) in [7, 11) is 0. The van der Waals surface area contributed by atoms with Crippen molar-refractivity contribution in [3.05, 3.63) is 28.3 Å². The maximum absolute atomic E-state index is 11.6. The van der Waals surface area contributed by atoms with Gasteiger partial charge in [0.25, 0.3) is 5.91 Å². The summed E-state index contributed by atoms with van der Waals surface area (Å²) < 4.78 is 10.0.